The molecule has 3 nitrogen and oxygen atoms in total. The predicted molar refractivity (Wildman–Crippen MR) is 108 cm³/mol. The highest BCUT2D eigenvalue weighted by Gasteiger charge is 2.34. The summed E-state index contributed by atoms with van der Waals surface area (Å²) in [4.78, 5) is 14.5. The summed E-state index contributed by atoms with van der Waals surface area (Å²) in [5, 5.41) is 3.24. The summed E-state index contributed by atoms with van der Waals surface area (Å²) in [6, 6.07) is 21.2. The van der Waals surface area contributed by atoms with Crippen LogP contribution in [-0.2, 0) is 6.18 Å². The van der Waals surface area contributed by atoms with E-state index in [4.69, 9.17) is 0 Å². The highest BCUT2D eigenvalue weighted by atomic mass is 19.4. The molecule has 1 aliphatic rings. The van der Waals surface area contributed by atoms with Crippen molar-refractivity contribution in [3.8, 4) is 0 Å². The van der Waals surface area contributed by atoms with Crippen LogP contribution in [0.15, 0.2) is 84.9 Å². The Morgan fingerprint density at radius 3 is 2.38 bits per heavy atom. The molecule has 1 N–H and O–H groups in total. The first kappa shape index (κ1) is 18.8. The molecule has 0 fully saturated rings. The number of rotatable bonds is 3. The SMILES string of the molecule is O=C1c2ccccc2N[C@@H](/C=C/c2ccccc2)N1c1cccc(C(F)(F)F)c1. The highest BCUT2D eigenvalue weighted by Crippen LogP contribution is 2.35. The second-order valence-corrected chi connectivity index (χ2v) is 6.63. The Morgan fingerprint density at radius 1 is 0.897 bits per heavy atom. The van der Waals surface area contributed by atoms with Crippen LogP contribution in [-0.4, -0.2) is 12.1 Å². The van der Waals surface area contributed by atoms with Gasteiger partial charge in [-0.2, -0.15) is 13.2 Å². The molecule has 1 amide bonds. The lowest BCUT2D eigenvalue weighted by molar-refractivity contribution is -0.137. The minimum atomic E-state index is -4.49. The van der Waals surface area contributed by atoms with Gasteiger partial charge < -0.3 is 5.32 Å². The van der Waals surface area contributed by atoms with Crippen molar-refractivity contribution in [3.63, 3.8) is 0 Å². The molecule has 0 spiro atoms. The van der Waals surface area contributed by atoms with E-state index >= 15 is 0 Å². The van der Waals surface area contributed by atoms with Crippen molar-refractivity contribution in [2.75, 3.05) is 10.2 Å². The molecule has 6 heteroatoms. The number of halogens is 3. The number of hydrogen-bond donors (Lipinski definition) is 1. The lowest BCUT2D eigenvalue weighted by atomic mass is 10.0. The summed E-state index contributed by atoms with van der Waals surface area (Å²) in [7, 11) is 0. The molecule has 0 unspecified atom stereocenters. The second-order valence-electron chi connectivity index (χ2n) is 6.63. The Hall–Kier alpha value is -3.54. The van der Waals surface area contributed by atoms with Gasteiger partial charge in [0.2, 0.25) is 0 Å². The van der Waals surface area contributed by atoms with Crippen LogP contribution in [0.1, 0.15) is 21.5 Å². The first-order valence-corrected chi connectivity index (χ1v) is 9.03. The van der Waals surface area contributed by atoms with E-state index in [0.717, 1.165) is 17.7 Å². The average Bonchev–Trinajstić information content (AvgIpc) is 2.72. The molecule has 0 radical (unpaired) electrons. The number of para-hydroxylation sites is 1. The van der Waals surface area contributed by atoms with Gasteiger partial charge in [-0.05, 0) is 42.0 Å². The maximum Gasteiger partial charge on any atom is 0.416 e. The van der Waals surface area contributed by atoms with E-state index in [0.29, 0.717) is 11.3 Å². The molecule has 0 aromatic heterocycles. The molecule has 146 valence electrons. The van der Waals surface area contributed by atoms with Gasteiger partial charge >= 0.3 is 6.18 Å². The molecule has 0 bridgehead atoms. The third-order valence-corrected chi connectivity index (χ3v) is 4.68. The van der Waals surface area contributed by atoms with E-state index in [1.807, 2.05) is 36.4 Å². The number of anilines is 2. The van der Waals surface area contributed by atoms with Gasteiger partial charge in [0, 0.05) is 11.4 Å². The maximum atomic E-state index is 13.2. The molecule has 3 aromatic carbocycles. The zero-order valence-corrected chi connectivity index (χ0v) is 15.2. The Bertz CT molecular complexity index is 1060. The lowest BCUT2D eigenvalue weighted by Crippen LogP contribution is -2.48. The summed E-state index contributed by atoms with van der Waals surface area (Å²) in [5.74, 6) is -0.360. The van der Waals surface area contributed by atoms with Crippen molar-refractivity contribution in [2.45, 2.75) is 12.3 Å². The molecule has 3 aromatic rings. The minimum Gasteiger partial charge on any atom is -0.361 e. The third kappa shape index (κ3) is 3.87. The fourth-order valence-electron chi connectivity index (χ4n) is 3.29. The normalized spacial score (nSPS) is 16.6. The van der Waals surface area contributed by atoms with Crippen molar-refractivity contribution >= 4 is 23.4 Å². The quantitative estimate of drug-likeness (QED) is 0.607. The summed E-state index contributed by atoms with van der Waals surface area (Å²) in [6.07, 6.45) is -1.53. The van der Waals surface area contributed by atoms with E-state index in [1.54, 1.807) is 30.3 Å². The molecule has 0 saturated heterocycles. The van der Waals surface area contributed by atoms with E-state index in [9.17, 15) is 18.0 Å². The van der Waals surface area contributed by atoms with Crippen molar-refractivity contribution in [1.29, 1.82) is 0 Å². The van der Waals surface area contributed by atoms with Crippen LogP contribution in [0.5, 0.6) is 0 Å². The van der Waals surface area contributed by atoms with E-state index < -0.39 is 17.9 Å². The summed E-state index contributed by atoms with van der Waals surface area (Å²) < 4.78 is 39.6. The number of alkyl halides is 3. The van der Waals surface area contributed by atoms with Crippen LogP contribution >= 0.6 is 0 Å². The van der Waals surface area contributed by atoms with E-state index in [1.165, 1.54) is 17.0 Å². The van der Waals surface area contributed by atoms with Gasteiger partial charge in [-0.15, -0.1) is 0 Å². The van der Waals surface area contributed by atoms with Crippen molar-refractivity contribution < 1.29 is 18.0 Å². The van der Waals surface area contributed by atoms with Gasteiger partial charge in [-0.1, -0.05) is 54.6 Å². The molecule has 1 aliphatic heterocycles. The van der Waals surface area contributed by atoms with Gasteiger partial charge in [0.15, 0.2) is 0 Å². The molecule has 0 saturated carbocycles. The Labute approximate surface area is 166 Å². The number of carbonyl (C=O) groups is 1. The Morgan fingerprint density at radius 2 is 1.62 bits per heavy atom. The Kier molecular flexibility index (Phi) is 4.84. The zero-order valence-electron chi connectivity index (χ0n) is 15.2. The van der Waals surface area contributed by atoms with E-state index in [-0.39, 0.29) is 11.6 Å². The first-order chi connectivity index (χ1) is 13.9. The smallest absolute Gasteiger partial charge is 0.361 e. The molecule has 1 heterocycles. The minimum absolute atomic E-state index is 0.175. The number of benzene rings is 3. The number of hydrogen-bond acceptors (Lipinski definition) is 2. The molecular weight excluding hydrogens is 377 g/mol. The predicted octanol–water partition coefficient (Wildman–Crippen LogP) is 5.82. The van der Waals surface area contributed by atoms with Crippen molar-refractivity contribution in [3.05, 3.63) is 102 Å². The van der Waals surface area contributed by atoms with Gasteiger partial charge in [-0.3, -0.25) is 9.69 Å². The molecular formula is C23H17F3N2O. The zero-order chi connectivity index (χ0) is 20.4. The second kappa shape index (κ2) is 7.47. The number of nitrogens with one attached hydrogen (secondary N) is 1. The van der Waals surface area contributed by atoms with Gasteiger partial charge in [0.25, 0.3) is 5.91 Å². The van der Waals surface area contributed by atoms with Crippen LogP contribution in [0.2, 0.25) is 0 Å². The van der Waals surface area contributed by atoms with Gasteiger partial charge in [0.05, 0.1) is 11.1 Å². The molecule has 29 heavy (non-hydrogen) atoms. The summed E-state index contributed by atoms with van der Waals surface area (Å²) in [6.45, 7) is 0. The maximum absolute atomic E-state index is 13.2. The number of fused-ring (bicyclic) bond motifs is 1. The van der Waals surface area contributed by atoms with Crippen LogP contribution in [0.3, 0.4) is 0 Å². The van der Waals surface area contributed by atoms with Crippen molar-refractivity contribution in [2.24, 2.45) is 0 Å². The van der Waals surface area contributed by atoms with Crippen LogP contribution in [0.4, 0.5) is 24.5 Å². The number of nitrogens with zero attached hydrogens (tertiary/aromatic N) is 1. The van der Waals surface area contributed by atoms with Crippen LogP contribution < -0.4 is 10.2 Å². The molecule has 1 atom stereocenters. The number of carbonyl (C=O) groups excluding carboxylic acids is 1. The number of amides is 1. The largest absolute Gasteiger partial charge is 0.416 e. The van der Waals surface area contributed by atoms with Gasteiger partial charge in [-0.25, -0.2) is 0 Å². The summed E-state index contributed by atoms with van der Waals surface area (Å²) in [5.41, 5.74) is 1.35. The van der Waals surface area contributed by atoms with Gasteiger partial charge in [0.1, 0.15) is 6.17 Å². The first-order valence-electron chi connectivity index (χ1n) is 9.03. The highest BCUT2D eigenvalue weighted by molar-refractivity contribution is 6.12. The molecule has 4 rings (SSSR count). The van der Waals surface area contributed by atoms with Crippen molar-refractivity contribution in [1.82, 2.24) is 0 Å². The fourth-order valence-corrected chi connectivity index (χ4v) is 3.29. The third-order valence-electron chi connectivity index (χ3n) is 4.68. The van der Waals surface area contributed by atoms with Crippen LogP contribution in [0.25, 0.3) is 6.08 Å². The lowest BCUT2D eigenvalue weighted by Gasteiger charge is -2.36. The van der Waals surface area contributed by atoms with Crippen LogP contribution in [0, 0.1) is 0 Å². The summed E-state index contributed by atoms with van der Waals surface area (Å²) >= 11 is 0. The topological polar surface area (TPSA) is 32.3 Å². The van der Waals surface area contributed by atoms with E-state index in [2.05, 4.69) is 5.32 Å². The standard InChI is InChI=1S/C23H17F3N2O/c24-23(25,26)17-9-6-10-18(15-17)28-21(14-13-16-7-2-1-3-8-16)27-20-12-5-4-11-19(20)22(28)29/h1-15,21,27H/b14-13+/t21-/m1/s1. The fraction of sp³-hybridized carbons (Fsp3) is 0.0870. The Balaban J connectivity index is 1.77. The monoisotopic (exact) mass is 394 g/mol. The molecule has 0 aliphatic carbocycles. The average molecular weight is 394 g/mol.